The topological polar surface area (TPSA) is 65.6 Å². The number of aromatic hydroxyl groups is 1. The van der Waals surface area contributed by atoms with E-state index in [-0.39, 0.29) is 18.1 Å². The number of pyridine rings is 1. The van der Waals surface area contributed by atoms with Gasteiger partial charge in [0.1, 0.15) is 6.61 Å². The van der Waals surface area contributed by atoms with Crippen LogP contribution in [0.1, 0.15) is 0 Å². The molecule has 0 aliphatic carbocycles. The van der Waals surface area contributed by atoms with Gasteiger partial charge in [0.05, 0.1) is 5.52 Å². The molecule has 0 saturated carbocycles. The third kappa shape index (κ3) is 2.40. The van der Waals surface area contributed by atoms with Gasteiger partial charge in [0.15, 0.2) is 5.75 Å². The summed E-state index contributed by atoms with van der Waals surface area (Å²) < 4.78 is 5.18. The second-order valence-electron chi connectivity index (χ2n) is 4.36. The Morgan fingerprint density at radius 3 is 2.84 bits per heavy atom. The lowest BCUT2D eigenvalue weighted by atomic mass is 10.1. The van der Waals surface area contributed by atoms with Crippen LogP contribution in [0.15, 0.2) is 35.6 Å². The van der Waals surface area contributed by atoms with Crippen LogP contribution in [0.3, 0.4) is 0 Å². The monoisotopic (exact) mass is 260 g/mol. The first-order valence-corrected chi connectivity index (χ1v) is 5.84. The molecule has 5 heteroatoms. The maximum absolute atomic E-state index is 11.9. The fraction of sp³-hybridized carbons (Fsp3) is 0.214. The number of H-pyrrole nitrogens is 1. The van der Waals surface area contributed by atoms with Crippen molar-refractivity contribution in [2.75, 3.05) is 25.6 Å². The van der Waals surface area contributed by atoms with Crippen LogP contribution in [0.4, 0.5) is 5.69 Å². The van der Waals surface area contributed by atoms with Gasteiger partial charge in [-0.3, -0.25) is 4.79 Å². The molecule has 19 heavy (non-hydrogen) atoms. The summed E-state index contributed by atoms with van der Waals surface area (Å²) in [5.74, 6) is -0.226. The number of anilines is 1. The summed E-state index contributed by atoms with van der Waals surface area (Å²) in [4.78, 5) is 16.5. The SMILES string of the molecule is C=CCOc1c(O)c2ccc(N(C)C)cc2[nH]c1=O. The first kappa shape index (κ1) is 13.0. The van der Waals surface area contributed by atoms with E-state index in [0.717, 1.165) is 5.69 Å². The van der Waals surface area contributed by atoms with Gasteiger partial charge < -0.3 is 19.7 Å². The molecule has 1 aromatic heterocycles. The van der Waals surface area contributed by atoms with Gasteiger partial charge in [-0.1, -0.05) is 12.7 Å². The van der Waals surface area contributed by atoms with E-state index in [1.807, 2.05) is 25.1 Å². The molecule has 1 heterocycles. The number of nitrogens with one attached hydrogen (secondary N) is 1. The van der Waals surface area contributed by atoms with Crippen LogP contribution >= 0.6 is 0 Å². The molecule has 0 fully saturated rings. The standard InChI is InChI=1S/C14H16N2O3/c1-4-7-19-13-12(17)10-6-5-9(16(2)3)8-11(10)15-14(13)18/h4-6,8H,1,7H2,2-3H3,(H2,15,17,18). The maximum atomic E-state index is 11.9. The quantitative estimate of drug-likeness (QED) is 0.824. The Kier molecular flexibility index (Phi) is 3.46. The van der Waals surface area contributed by atoms with E-state index in [1.165, 1.54) is 6.08 Å². The van der Waals surface area contributed by atoms with E-state index in [9.17, 15) is 9.90 Å². The number of nitrogens with zero attached hydrogens (tertiary/aromatic N) is 1. The first-order chi connectivity index (χ1) is 9.04. The van der Waals surface area contributed by atoms with Crippen molar-refractivity contribution in [3.8, 4) is 11.5 Å². The Morgan fingerprint density at radius 1 is 1.47 bits per heavy atom. The van der Waals surface area contributed by atoms with Crippen molar-refractivity contribution in [1.82, 2.24) is 4.98 Å². The number of aromatic nitrogens is 1. The van der Waals surface area contributed by atoms with Gasteiger partial charge in [0, 0.05) is 25.2 Å². The van der Waals surface area contributed by atoms with E-state index in [4.69, 9.17) is 4.74 Å². The number of ether oxygens (including phenoxy) is 1. The predicted octanol–water partition coefficient (Wildman–Crippen LogP) is 1.86. The number of fused-ring (bicyclic) bond motifs is 1. The smallest absolute Gasteiger partial charge is 0.294 e. The van der Waals surface area contributed by atoms with E-state index in [1.54, 1.807) is 12.1 Å². The lowest BCUT2D eigenvalue weighted by Gasteiger charge is -2.14. The lowest BCUT2D eigenvalue weighted by Crippen LogP contribution is -2.12. The number of hydrogen-bond acceptors (Lipinski definition) is 4. The van der Waals surface area contributed by atoms with E-state index in [0.29, 0.717) is 10.9 Å². The summed E-state index contributed by atoms with van der Waals surface area (Å²) in [6.45, 7) is 3.67. The Hall–Kier alpha value is -2.43. The minimum absolute atomic E-state index is 0.0787. The number of aromatic amines is 1. The highest BCUT2D eigenvalue weighted by molar-refractivity contribution is 5.89. The third-order valence-electron chi connectivity index (χ3n) is 2.79. The minimum atomic E-state index is -0.456. The normalized spacial score (nSPS) is 10.4. The second kappa shape index (κ2) is 5.06. The first-order valence-electron chi connectivity index (χ1n) is 5.84. The summed E-state index contributed by atoms with van der Waals surface area (Å²) in [6.07, 6.45) is 1.51. The highest BCUT2D eigenvalue weighted by Gasteiger charge is 2.13. The Balaban J connectivity index is 2.62. The van der Waals surface area contributed by atoms with Crippen LogP contribution in [-0.2, 0) is 0 Å². The van der Waals surface area contributed by atoms with Crippen molar-refractivity contribution in [1.29, 1.82) is 0 Å². The van der Waals surface area contributed by atoms with Crippen molar-refractivity contribution in [3.63, 3.8) is 0 Å². The van der Waals surface area contributed by atoms with Crippen LogP contribution in [0, 0.1) is 0 Å². The summed E-state index contributed by atoms with van der Waals surface area (Å²) in [5.41, 5.74) is 1.05. The molecular weight excluding hydrogens is 244 g/mol. The van der Waals surface area contributed by atoms with Gasteiger partial charge in [-0.25, -0.2) is 0 Å². The molecule has 0 radical (unpaired) electrons. The molecule has 2 rings (SSSR count). The molecule has 0 unspecified atom stereocenters. The van der Waals surface area contributed by atoms with Crippen molar-refractivity contribution in [2.24, 2.45) is 0 Å². The van der Waals surface area contributed by atoms with Crippen LogP contribution in [0.5, 0.6) is 11.5 Å². The molecule has 1 aromatic carbocycles. The zero-order chi connectivity index (χ0) is 14.0. The molecule has 2 aromatic rings. The third-order valence-corrected chi connectivity index (χ3v) is 2.79. The summed E-state index contributed by atoms with van der Waals surface area (Å²) in [6, 6.07) is 5.40. The molecule has 0 bridgehead atoms. The zero-order valence-electron chi connectivity index (χ0n) is 10.9. The van der Waals surface area contributed by atoms with E-state index < -0.39 is 5.56 Å². The highest BCUT2D eigenvalue weighted by Crippen LogP contribution is 2.31. The van der Waals surface area contributed by atoms with Crippen molar-refractivity contribution >= 4 is 16.6 Å². The largest absolute Gasteiger partial charge is 0.504 e. The highest BCUT2D eigenvalue weighted by atomic mass is 16.5. The van der Waals surface area contributed by atoms with Crippen LogP contribution in [0.25, 0.3) is 10.9 Å². The van der Waals surface area contributed by atoms with E-state index in [2.05, 4.69) is 11.6 Å². The van der Waals surface area contributed by atoms with Crippen LogP contribution in [0.2, 0.25) is 0 Å². The molecule has 2 N–H and O–H groups in total. The van der Waals surface area contributed by atoms with Crippen LogP contribution in [-0.4, -0.2) is 30.8 Å². The van der Waals surface area contributed by atoms with Crippen molar-refractivity contribution < 1.29 is 9.84 Å². The Labute approximate surface area is 110 Å². The fourth-order valence-corrected chi connectivity index (χ4v) is 1.81. The zero-order valence-corrected chi connectivity index (χ0v) is 10.9. The van der Waals surface area contributed by atoms with Gasteiger partial charge >= 0.3 is 0 Å². The maximum Gasteiger partial charge on any atom is 0.294 e. The molecule has 0 aliphatic rings. The number of hydrogen-bond donors (Lipinski definition) is 2. The Morgan fingerprint density at radius 2 is 2.21 bits per heavy atom. The molecule has 5 nitrogen and oxygen atoms in total. The lowest BCUT2D eigenvalue weighted by molar-refractivity contribution is 0.333. The molecule has 0 aliphatic heterocycles. The van der Waals surface area contributed by atoms with Crippen LogP contribution < -0.4 is 15.2 Å². The van der Waals surface area contributed by atoms with Gasteiger partial charge in [0.25, 0.3) is 5.56 Å². The summed E-state index contributed by atoms with van der Waals surface area (Å²) in [7, 11) is 3.81. The van der Waals surface area contributed by atoms with E-state index >= 15 is 0 Å². The average Bonchev–Trinajstić information content (AvgIpc) is 2.37. The van der Waals surface area contributed by atoms with Gasteiger partial charge in [-0.2, -0.15) is 0 Å². The molecule has 0 spiro atoms. The summed E-state index contributed by atoms with van der Waals surface area (Å²) in [5, 5.41) is 10.6. The molecule has 0 saturated heterocycles. The minimum Gasteiger partial charge on any atom is -0.504 e. The van der Waals surface area contributed by atoms with Gasteiger partial charge in [-0.05, 0) is 18.2 Å². The van der Waals surface area contributed by atoms with Gasteiger partial charge in [0.2, 0.25) is 5.75 Å². The summed E-state index contributed by atoms with van der Waals surface area (Å²) >= 11 is 0. The second-order valence-corrected chi connectivity index (χ2v) is 4.36. The molecule has 100 valence electrons. The number of benzene rings is 1. The van der Waals surface area contributed by atoms with Crippen molar-refractivity contribution in [2.45, 2.75) is 0 Å². The Bertz CT molecular complexity index is 674. The van der Waals surface area contributed by atoms with Gasteiger partial charge in [-0.15, -0.1) is 0 Å². The predicted molar refractivity (Wildman–Crippen MR) is 76.3 cm³/mol. The average molecular weight is 260 g/mol. The molecule has 0 amide bonds. The molecule has 0 atom stereocenters. The molecular formula is C14H16N2O3. The fourth-order valence-electron chi connectivity index (χ4n) is 1.81. The van der Waals surface area contributed by atoms with Crippen molar-refractivity contribution in [3.05, 3.63) is 41.2 Å². The number of rotatable bonds is 4.